The summed E-state index contributed by atoms with van der Waals surface area (Å²) < 4.78 is 53.5. The van der Waals surface area contributed by atoms with Crippen molar-refractivity contribution < 1.29 is 17.2 Å². The molecule has 0 saturated carbocycles. The lowest BCUT2D eigenvalue weighted by Crippen LogP contribution is -2.29. The van der Waals surface area contributed by atoms with E-state index in [0.29, 0.717) is 5.56 Å². The maximum Gasteiger partial charge on any atom is 0.246 e. The molecule has 0 saturated heterocycles. The number of nitrogens with zero attached hydrogens (tertiary/aromatic N) is 3. The van der Waals surface area contributed by atoms with E-state index < -0.39 is 27.7 Å². The molecule has 2 rings (SSSR count). The third-order valence-corrected chi connectivity index (χ3v) is 5.21. The molecule has 0 spiro atoms. The van der Waals surface area contributed by atoms with E-state index in [0.717, 1.165) is 16.4 Å². The van der Waals surface area contributed by atoms with Crippen molar-refractivity contribution in [1.29, 1.82) is 0 Å². The molecule has 1 unspecified atom stereocenters. The molecular weight excluding hydrogens is 300 g/mol. The molecule has 0 amide bonds. The minimum Gasteiger partial charge on any atom is -0.274 e. The zero-order chi connectivity index (χ0) is 15.8. The Kier molecular flexibility index (Phi) is 4.11. The van der Waals surface area contributed by atoms with Gasteiger partial charge in [0.2, 0.25) is 10.0 Å². The zero-order valence-electron chi connectivity index (χ0n) is 11.8. The van der Waals surface area contributed by atoms with Gasteiger partial charge in [0.15, 0.2) is 11.6 Å². The number of halogens is 2. The van der Waals surface area contributed by atoms with Gasteiger partial charge in [-0.25, -0.2) is 17.2 Å². The predicted octanol–water partition coefficient (Wildman–Crippen LogP) is 2.08. The number of hydrogen-bond acceptors (Lipinski definition) is 3. The fourth-order valence-electron chi connectivity index (χ4n) is 1.89. The van der Waals surface area contributed by atoms with Gasteiger partial charge in [-0.15, -0.1) is 0 Å². The molecule has 8 heteroatoms. The summed E-state index contributed by atoms with van der Waals surface area (Å²) in [5.74, 6) is -1.98. The van der Waals surface area contributed by atoms with E-state index in [4.69, 9.17) is 0 Å². The second-order valence-electron chi connectivity index (χ2n) is 4.72. The van der Waals surface area contributed by atoms with Crippen LogP contribution in [0.4, 0.5) is 8.78 Å². The first-order chi connectivity index (χ1) is 9.73. The maximum absolute atomic E-state index is 13.3. The van der Waals surface area contributed by atoms with E-state index in [9.17, 15) is 17.2 Å². The van der Waals surface area contributed by atoms with Crippen LogP contribution in [0.1, 0.15) is 18.5 Å². The van der Waals surface area contributed by atoms with E-state index in [1.54, 1.807) is 14.0 Å². The molecule has 5 nitrogen and oxygen atoms in total. The molecule has 114 valence electrons. The molecule has 1 aromatic heterocycles. The Morgan fingerprint density at radius 2 is 1.95 bits per heavy atom. The minimum absolute atomic E-state index is 0.0435. The standard InChI is InChI=1S/C13H15F2N3O2S/c1-9(10-4-5-12(14)13(15)6-10)18(3)21(19,20)11-7-16-17(2)8-11/h4-9H,1-3H3. The summed E-state index contributed by atoms with van der Waals surface area (Å²) in [6.45, 7) is 1.60. The Labute approximate surface area is 121 Å². The second-order valence-corrected chi connectivity index (χ2v) is 6.72. The molecule has 0 N–H and O–H groups in total. The Hall–Kier alpha value is -1.80. The Morgan fingerprint density at radius 1 is 1.29 bits per heavy atom. The number of aromatic nitrogens is 2. The molecule has 0 aliphatic rings. The summed E-state index contributed by atoms with van der Waals surface area (Å²) in [6, 6.07) is 2.68. The van der Waals surface area contributed by atoms with Gasteiger partial charge in [-0.05, 0) is 24.6 Å². The van der Waals surface area contributed by atoms with Crippen molar-refractivity contribution in [3.63, 3.8) is 0 Å². The molecule has 0 fully saturated rings. The lowest BCUT2D eigenvalue weighted by Gasteiger charge is -2.24. The first kappa shape index (κ1) is 15.6. The van der Waals surface area contributed by atoms with Crippen LogP contribution in [0, 0.1) is 11.6 Å². The predicted molar refractivity (Wildman–Crippen MR) is 72.9 cm³/mol. The normalized spacial score (nSPS) is 13.6. The molecule has 0 aliphatic carbocycles. The number of rotatable bonds is 4. The van der Waals surface area contributed by atoms with E-state index in [1.165, 1.54) is 30.2 Å². The molecule has 0 aliphatic heterocycles. The summed E-state index contributed by atoms with van der Waals surface area (Å²) in [5, 5.41) is 3.82. The quantitative estimate of drug-likeness (QED) is 0.868. The number of aryl methyl sites for hydroxylation is 1. The van der Waals surface area contributed by atoms with Crippen molar-refractivity contribution in [1.82, 2.24) is 14.1 Å². The van der Waals surface area contributed by atoms with Crippen LogP contribution in [0.15, 0.2) is 35.5 Å². The SMILES string of the molecule is CC(c1ccc(F)c(F)c1)N(C)S(=O)(=O)c1cnn(C)c1. The Bertz CT molecular complexity index is 759. The van der Waals surface area contributed by atoms with Gasteiger partial charge in [-0.1, -0.05) is 6.07 Å². The molecule has 0 bridgehead atoms. The van der Waals surface area contributed by atoms with Crippen molar-refractivity contribution in [3.05, 3.63) is 47.8 Å². The molecule has 21 heavy (non-hydrogen) atoms. The smallest absolute Gasteiger partial charge is 0.246 e. The van der Waals surface area contributed by atoms with Crippen LogP contribution in [0.5, 0.6) is 0 Å². The highest BCUT2D eigenvalue weighted by atomic mass is 32.2. The third-order valence-electron chi connectivity index (χ3n) is 3.33. The lowest BCUT2D eigenvalue weighted by molar-refractivity contribution is 0.395. The van der Waals surface area contributed by atoms with Gasteiger partial charge in [0.25, 0.3) is 0 Å². The van der Waals surface area contributed by atoms with Gasteiger partial charge in [-0.3, -0.25) is 4.68 Å². The summed E-state index contributed by atoms with van der Waals surface area (Å²) >= 11 is 0. The molecule has 1 heterocycles. The highest BCUT2D eigenvalue weighted by Crippen LogP contribution is 2.26. The molecule has 2 aromatic rings. The lowest BCUT2D eigenvalue weighted by atomic mass is 10.1. The average Bonchev–Trinajstić information content (AvgIpc) is 2.87. The monoisotopic (exact) mass is 315 g/mol. The van der Waals surface area contributed by atoms with Crippen LogP contribution in [-0.2, 0) is 17.1 Å². The van der Waals surface area contributed by atoms with Crippen LogP contribution >= 0.6 is 0 Å². The Morgan fingerprint density at radius 3 is 2.48 bits per heavy atom. The average molecular weight is 315 g/mol. The van der Waals surface area contributed by atoms with Crippen LogP contribution < -0.4 is 0 Å². The van der Waals surface area contributed by atoms with Gasteiger partial charge in [-0.2, -0.15) is 9.40 Å². The third kappa shape index (κ3) is 2.96. The van der Waals surface area contributed by atoms with Crippen molar-refractivity contribution >= 4 is 10.0 Å². The number of hydrogen-bond donors (Lipinski definition) is 0. The second kappa shape index (κ2) is 5.53. The van der Waals surface area contributed by atoms with Gasteiger partial charge >= 0.3 is 0 Å². The molecule has 1 atom stereocenters. The fraction of sp³-hybridized carbons (Fsp3) is 0.308. The summed E-state index contributed by atoms with van der Waals surface area (Å²) in [6.07, 6.45) is 2.62. The van der Waals surface area contributed by atoms with Crippen molar-refractivity contribution in [2.45, 2.75) is 17.9 Å². The van der Waals surface area contributed by atoms with Crippen molar-refractivity contribution in [3.8, 4) is 0 Å². The van der Waals surface area contributed by atoms with Gasteiger partial charge in [0, 0.05) is 26.3 Å². The first-order valence-corrected chi connectivity index (χ1v) is 7.59. The van der Waals surface area contributed by atoms with Crippen LogP contribution in [-0.4, -0.2) is 29.6 Å². The largest absolute Gasteiger partial charge is 0.274 e. The molecular formula is C13H15F2N3O2S. The molecule has 1 aromatic carbocycles. The fourth-order valence-corrected chi connectivity index (χ4v) is 3.23. The topological polar surface area (TPSA) is 55.2 Å². The van der Waals surface area contributed by atoms with Crippen LogP contribution in [0.2, 0.25) is 0 Å². The molecule has 0 radical (unpaired) electrons. The highest BCUT2D eigenvalue weighted by molar-refractivity contribution is 7.89. The summed E-state index contributed by atoms with van der Waals surface area (Å²) in [7, 11) is -0.763. The summed E-state index contributed by atoms with van der Waals surface area (Å²) in [5.41, 5.74) is 0.365. The van der Waals surface area contributed by atoms with Gasteiger partial charge < -0.3 is 0 Å². The van der Waals surface area contributed by atoms with E-state index in [1.807, 2.05) is 0 Å². The minimum atomic E-state index is -3.75. The van der Waals surface area contributed by atoms with Crippen LogP contribution in [0.25, 0.3) is 0 Å². The zero-order valence-corrected chi connectivity index (χ0v) is 12.6. The number of sulfonamides is 1. The number of benzene rings is 1. The van der Waals surface area contributed by atoms with E-state index in [2.05, 4.69) is 5.10 Å². The van der Waals surface area contributed by atoms with Crippen molar-refractivity contribution in [2.24, 2.45) is 7.05 Å². The first-order valence-electron chi connectivity index (χ1n) is 6.15. The maximum atomic E-state index is 13.3. The van der Waals surface area contributed by atoms with Crippen molar-refractivity contribution in [2.75, 3.05) is 7.05 Å². The van der Waals surface area contributed by atoms with E-state index in [-0.39, 0.29) is 4.90 Å². The highest BCUT2D eigenvalue weighted by Gasteiger charge is 2.27. The van der Waals surface area contributed by atoms with Crippen LogP contribution in [0.3, 0.4) is 0 Å². The van der Waals surface area contributed by atoms with Gasteiger partial charge in [0.1, 0.15) is 4.90 Å². The summed E-state index contributed by atoms with van der Waals surface area (Å²) in [4.78, 5) is 0.0435. The Balaban J connectivity index is 2.34. The van der Waals surface area contributed by atoms with Gasteiger partial charge in [0.05, 0.1) is 6.20 Å². The van der Waals surface area contributed by atoms with E-state index >= 15 is 0 Å².